The first kappa shape index (κ1) is 11.1. The van der Waals surface area contributed by atoms with E-state index in [2.05, 4.69) is 11.9 Å². The summed E-state index contributed by atoms with van der Waals surface area (Å²) in [6, 6.07) is 3.77. The largest absolute Gasteiger partial charge is 0.392 e. The van der Waals surface area contributed by atoms with Crippen molar-refractivity contribution in [2.24, 2.45) is 5.73 Å². The fourth-order valence-electron chi connectivity index (χ4n) is 1.40. The molecule has 3 N–H and O–H groups in total. The van der Waals surface area contributed by atoms with Gasteiger partial charge in [-0.2, -0.15) is 0 Å². The molecule has 1 rings (SSSR count). The second-order valence-corrected chi connectivity index (χ2v) is 3.84. The number of pyridine rings is 1. The molecule has 3 nitrogen and oxygen atoms in total. The first-order valence-corrected chi connectivity index (χ1v) is 4.95. The molecule has 3 heteroatoms. The lowest BCUT2D eigenvalue weighted by Gasteiger charge is -2.19. The van der Waals surface area contributed by atoms with E-state index in [4.69, 9.17) is 5.73 Å². The van der Waals surface area contributed by atoms with Gasteiger partial charge in [0.05, 0.1) is 6.10 Å². The lowest BCUT2D eigenvalue weighted by Crippen LogP contribution is -2.32. The van der Waals surface area contributed by atoms with Crippen LogP contribution in [0.5, 0.6) is 0 Å². The molecular weight excluding hydrogens is 176 g/mol. The second-order valence-electron chi connectivity index (χ2n) is 3.84. The molecule has 1 heterocycles. The molecule has 3 atom stereocenters. The van der Waals surface area contributed by atoms with E-state index < -0.39 is 6.10 Å². The Hall–Kier alpha value is -0.930. The highest BCUT2D eigenvalue weighted by atomic mass is 16.3. The monoisotopic (exact) mass is 194 g/mol. The van der Waals surface area contributed by atoms with Crippen molar-refractivity contribution in [3.63, 3.8) is 0 Å². The molecule has 0 aliphatic carbocycles. The standard InChI is InChI=1S/C11H18N2O/c1-8(7-11(14)9(2)12)10-3-5-13-6-4-10/h3-6,8-9,11,14H,7,12H2,1-2H3. The zero-order chi connectivity index (χ0) is 10.6. The zero-order valence-electron chi connectivity index (χ0n) is 8.72. The number of aliphatic hydroxyl groups excluding tert-OH is 1. The van der Waals surface area contributed by atoms with Crippen molar-refractivity contribution in [1.29, 1.82) is 0 Å². The quantitative estimate of drug-likeness (QED) is 0.759. The Bertz CT molecular complexity index is 261. The SMILES string of the molecule is CC(CC(O)C(C)N)c1ccncc1. The Kier molecular flexibility index (Phi) is 4.04. The van der Waals surface area contributed by atoms with E-state index in [9.17, 15) is 5.11 Å². The fourth-order valence-corrected chi connectivity index (χ4v) is 1.40. The zero-order valence-corrected chi connectivity index (χ0v) is 8.72. The van der Waals surface area contributed by atoms with Gasteiger partial charge in [-0.05, 0) is 37.0 Å². The van der Waals surface area contributed by atoms with E-state index >= 15 is 0 Å². The minimum Gasteiger partial charge on any atom is -0.392 e. The molecule has 0 saturated carbocycles. The Morgan fingerprint density at radius 3 is 2.43 bits per heavy atom. The molecule has 0 bridgehead atoms. The van der Waals surface area contributed by atoms with Crippen molar-refractivity contribution in [2.45, 2.75) is 38.3 Å². The molecule has 0 aliphatic rings. The normalized spacial score (nSPS) is 17.4. The molecule has 1 aromatic heterocycles. The summed E-state index contributed by atoms with van der Waals surface area (Å²) in [6.45, 7) is 3.91. The topological polar surface area (TPSA) is 59.1 Å². The third-order valence-electron chi connectivity index (χ3n) is 2.48. The summed E-state index contributed by atoms with van der Waals surface area (Å²) < 4.78 is 0. The number of aliphatic hydroxyl groups is 1. The summed E-state index contributed by atoms with van der Waals surface area (Å²) in [6.07, 6.45) is 3.80. The van der Waals surface area contributed by atoms with E-state index in [1.807, 2.05) is 19.1 Å². The summed E-state index contributed by atoms with van der Waals surface area (Å²) in [5.41, 5.74) is 6.79. The first-order valence-electron chi connectivity index (χ1n) is 4.95. The van der Waals surface area contributed by atoms with E-state index in [0.717, 1.165) is 0 Å². The molecular formula is C11H18N2O. The molecule has 0 saturated heterocycles. The first-order chi connectivity index (χ1) is 6.61. The summed E-state index contributed by atoms with van der Waals surface area (Å²) in [5, 5.41) is 9.62. The van der Waals surface area contributed by atoms with Gasteiger partial charge < -0.3 is 10.8 Å². The van der Waals surface area contributed by atoms with Crippen LogP contribution in [0, 0.1) is 0 Å². The minimum absolute atomic E-state index is 0.167. The van der Waals surface area contributed by atoms with E-state index in [1.165, 1.54) is 5.56 Å². The lowest BCUT2D eigenvalue weighted by atomic mass is 9.94. The van der Waals surface area contributed by atoms with Gasteiger partial charge in [0.25, 0.3) is 0 Å². The Morgan fingerprint density at radius 2 is 1.93 bits per heavy atom. The maximum atomic E-state index is 9.62. The summed E-state index contributed by atoms with van der Waals surface area (Å²) >= 11 is 0. The number of rotatable bonds is 4. The van der Waals surface area contributed by atoms with E-state index in [1.54, 1.807) is 12.4 Å². The van der Waals surface area contributed by atoms with Crippen molar-refractivity contribution in [3.8, 4) is 0 Å². The van der Waals surface area contributed by atoms with Crippen LogP contribution < -0.4 is 5.73 Å². The molecule has 14 heavy (non-hydrogen) atoms. The molecule has 0 spiro atoms. The maximum Gasteiger partial charge on any atom is 0.0694 e. The van der Waals surface area contributed by atoms with E-state index in [-0.39, 0.29) is 6.04 Å². The van der Waals surface area contributed by atoms with Gasteiger partial charge >= 0.3 is 0 Å². The number of hydrogen-bond donors (Lipinski definition) is 2. The third kappa shape index (κ3) is 3.09. The van der Waals surface area contributed by atoms with Gasteiger partial charge in [0.2, 0.25) is 0 Å². The van der Waals surface area contributed by atoms with Gasteiger partial charge in [0.1, 0.15) is 0 Å². The van der Waals surface area contributed by atoms with Crippen LogP contribution in [0.1, 0.15) is 31.7 Å². The number of aromatic nitrogens is 1. The average molecular weight is 194 g/mol. The van der Waals surface area contributed by atoms with Crippen LogP contribution in [-0.2, 0) is 0 Å². The average Bonchev–Trinajstić information content (AvgIpc) is 2.19. The number of nitrogens with two attached hydrogens (primary N) is 1. The van der Waals surface area contributed by atoms with Crippen LogP contribution in [0.3, 0.4) is 0 Å². The number of nitrogens with zero attached hydrogens (tertiary/aromatic N) is 1. The minimum atomic E-state index is -0.432. The second kappa shape index (κ2) is 5.08. The van der Waals surface area contributed by atoms with Crippen LogP contribution in [-0.4, -0.2) is 22.2 Å². The molecule has 0 aliphatic heterocycles. The molecule has 3 unspecified atom stereocenters. The van der Waals surface area contributed by atoms with Gasteiger partial charge in [-0.15, -0.1) is 0 Å². The van der Waals surface area contributed by atoms with Gasteiger partial charge in [0, 0.05) is 18.4 Å². The molecule has 0 amide bonds. The maximum absolute atomic E-state index is 9.62. The van der Waals surface area contributed by atoms with Crippen LogP contribution in [0.15, 0.2) is 24.5 Å². The highest BCUT2D eigenvalue weighted by molar-refractivity contribution is 5.14. The number of hydrogen-bond acceptors (Lipinski definition) is 3. The van der Waals surface area contributed by atoms with Gasteiger partial charge in [-0.3, -0.25) is 4.98 Å². The van der Waals surface area contributed by atoms with Crippen LogP contribution in [0.4, 0.5) is 0 Å². The van der Waals surface area contributed by atoms with Crippen molar-refractivity contribution >= 4 is 0 Å². The molecule has 78 valence electrons. The summed E-state index contributed by atoms with van der Waals surface area (Å²) in [4.78, 5) is 3.95. The molecule has 0 aromatic carbocycles. The molecule has 0 radical (unpaired) electrons. The van der Waals surface area contributed by atoms with Gasteiger partial charge in [-0.1, -0.05) is 6.92 Å². The molecule has 0 fully saturated rings. The Balaban J connectivity index is 2.55. The van der Waals surface area contributed by atoms with Crippen molar-refractivity contribution in [3.05, 3.63) is 30.1 Å². The summed E-state index contributed by atoms with van der Waals surface area (Å²) in [5.74, 6) is 0.319. The van der Waals surface area contributed by atoms with Crippen LogP contribution in [0.2, 0.25) is 0 Å². The van der Waals surface area contributed by atoms with Crippen LogP contribution >= 0.6 is 0 Å². The summed E-state index contributed by atoms with van der Waals surface area (Å²) in [7, 11) is 0. The molecule has 1 aromatic rings. The fraction of sp³-hybridized carbons (Fsp3) is 0.545. The smallest absolute Gasteiger partial charge is 0.0694 e. The lowest BCUT2D eigenvalue weighted by molar-refractivity contribution is 0.134. The third-order valence-corrected chi connectivity index (χ3v) is 2.48. The highest BCUT2D eigenvalue weighted by Gasteiger charge is 2.14. The van der Waals surface area contributed by atoms with Gasteiger partial charge in [-0.25, -0.2) is 0 Å². The van der Waals surface area contributed by atoms with Crippen molar-refractivity contribution in [1.82, 2.24) is 4.98 Å². The Labute approximate surface area is 85.0 Å². The Morgan fingerprint density at radius 1 is 1.36 bits per heavy atom. The van der Waals surface area contributed by atoms with Crippen molar-refractivity contribution in [2.75, 3.05) is 0 Å². The van der Waals surface area contributed by atoms with Crippen LogP contribution in [0.25, 0.3) is 0 Å². The van der Waals surface area contributed by atoms with Gasteiger partial charge in [0.15, 0.2) is 0 Å². The predicted octanol–water partition coefficient (Wildman–Crippen LogP) is 1.28. The van der Waals surface area contributed by atoms with Crippen molar-refractivity contribution < 1.29 is 5.11 Å². The highest BCUT2D eigenvalue weighted by Crippen LogP contribution is 2.20. The van der Waals surface area contributed by atoms with E-state index in [0.29, 0.717) is 12.3 Å². The predicted molar refractivity (Wildman–Crippen MR) is 56.9 cm³/mol.